The summed E-state index contributed by atoms with van der Waals surface area (Å²) in [6.07, 6.45) is 0.772. The molecule has 9 heteroatoms. The molecule has 0 aromatic heterocycles. The van der Waals surface area contributed by atoms with Crippen molar-refractivity contribution in [3.63, 3.8) is 0 Å². The Kier molecular flexibility index (Phi) is 7.67. The Bertz CT molecular complexity index is 1130. The summed E-state index contributed by atoms with van der Waals surface area (Å²) < 4.78 is 50.9. The number of hydrogen-bond donors (Lipinski definition) is 2. The van der Waals surface area contributed by atoms with Gasteiger partial charge in [-0.15, -0.1) is 0 Å². The second-order valence-electron chi connectivity index (χ2n) is 6.81. The van der Waals surface area contributed by atoms with Crippen LogP contribution in [-0.2, 0) is 14.8 Å². The van der Waals surface area contributed by atoms with Crippen molar-refractivity contribution in [2.45, 2.75) is 17.7 Å². The average molecular weight is 459 g/mol. The zero-order chi connectivity index (χ0) is 23.0. The number of ether oxygens (including phenoxy) is 2. The summed E-state index contributed by atoms with van der Waals surface area (Å²) in [6.45, 7) is 0.381. The van der Waals surface area contributed by atoms with E-state index in [9.17, 15) is 17.6 Å². The summed E-state index contributed by atoms with van der Waals surface area (Å²) in [6, 6.07) is 17.9. The third kappa shape index (κ3) is 6.71. The summed E-state index contributed by atoms with van der Waals surface area (Å²) in [4.78, 5) is 12.1. The van der Waals surface area contributed by atoms with Gasteiger partial charge in [0.2, 0.25) is 5.91 Å². The van der Waals surface area contributed by atoms with Crippen LogP contribution in [0.25, 0.3) is 0 Å². The summed E-state index contributed by atoms with van der Waals surface area (Å²) in [5, 5.41) is 2.72. The maximum absolute atomic E-state index is 13.0. The van der Waals surface area contributed by atoms with E-state index in [0.29, 0.717) is 24.5 Å². The topological polar surface area (TPSA) is 93.7 Å². The van der Waals surface area contributed by atoms with Crippen molar-refractivity contribution >= 4 is 27.3 Å². The molecule has 1 amide bonds. The van der Waals surface area contributed by atoms with Gasteiger partial charge in [-0.1, -0.05) is 0 Å². The van der Waals surface area contributed by atoms with Crippen LogP contribution in [0.4, 0.5) is 15.8 Å². The molecular formula is C23H23FN2O5S. The summed E-state index contributed by atoms with van der Waals surface area (Å²) >= 11 is 0. The van der Waals surface area contributed by atoms with Crippen molar-refractivity contribution in [1.29, 1.82) is 0 Å². The monoisotopic (exact) mass is 458 g/mol. The molecule has 0 aliphatic rings. The molecule has 7 nitrogen and oxygen atoms in total. The van der Waals surface area contributed by atoms with Crippen molar-refractivity contribution in [3.05, 3.63) is 78.6 Å². The van der Waals surface area contributed by atoms with Gasteiger partial charge in [-0.2, -0.15) is 0 Å². The van der Waals surface area contributed by atoms with Crippen LogP contribution in [0.1, 0.15) is 12.8 Å². The van der Waals surface area contributed by atoms with E-state index in [0.717, 1.165) is 5.75 Å². The van der Waals surface area contributed by atoms with E-state index in [1.54, 1.807) is 31.4 Å². The molecule has 0 saturated carbocycles. The lowest BCUT2D eigenvalue weighted by molar-refractivity contribution is -0.116. The van der Waals surface area contributed by atoms with Crippen molar-refractivity contribution in [2.75, 3.05) is 23.8 Å². The van der Waals surface area contributed by atoms with Crippen LogP contribution in [0, 0.1) is 5.82 Å². The Hall–Kier alpha value is -3.59. The van der Waals surface area contributed by atoms with Crippen LogP contribution in [0.5, 0.6) is 11.5 Å². The number of hydrogen-bond acceptors (Lipinski definition) is 5. The molecule has 0 atom stereocenters. The molecule has 0 saturated heterocycles. The van der Waals surface area contributed by atoms with Crippen LogP contribution < -0.4 is 19.5 Å². The van der Waals surface area contributed by atoms with Crippen LogP contribution in [0.2, 0.25) is 0 Å². The van der Waals surface area contributed by atoms with Crippen LogP contribution in [-0.4, -0.2) is 28.0 Å². The number of nitrogens with one attached hydrogen (secondary N) is 2. The normalized spacial score (nSPS) is 10.9. The van der Waals surface area contributed by atoms with Gasteiger partial charge >= 0.3 is 0 Å². The molecule has 0 spiro atoms. The highest BCUT2D eigenvalue weighted by atomic mass is 32.2. The third-order valence-electron chi connectivity index (χ3n) is 4.42. The van der Waals surface area contributed by atoms with E-state index in [1.165, 1.54) is 48.5 Å². The van der Waals surface area contributed by atoms with E-state index in [1.807, 2.05) is 0 Å². The van der Waals surface area contributed by atoms with E-state index in [-0.39, 0.29) is 22.9 Å². The number of anilines is 2. The molecule has 0 heterocycles. The molecule has 2 N–H and O–H groups in total. The first kappa shape index (κ1) is 23.1. The smallest absolute Gasteiger partial charge is 0.261 e. The minimum Gasteiger partial charge on any atom is -0.497 e. The fourth-order valence-electron chi connectivity index (χ4n) is 2.77. The first-order valence-electron chi connectivity index (χ1n) is 9.81. The van der Waals surface area contributed by atoms with E-state index in [4.69, 9.17) is 9.47 Å². The number of amides is 1. The Morgan fingerprint density at radius 2 is 1.47 bits per heavy atom. The van der Waals surface area contributed by atoms with Crippen LogP contribution in [0.15, 0.2) is 77.7 Å². The minimum absolute atomic E-state index is 0.0210. The number of carbonyl (C=O) groups excluding carboxylic acids is 1. The van der Waals surface area contributed by atoms with E-state index >= 15 is 0 Å². The van der Waals surface area contributed by atoms with Gasteiger partial charge < -0.3 is 14.8 Å². The summed E-state index contributed by atoms with van der Waals surface area (Å²) in [7, 11) is -2.24. The predicted molar refractivity (Wildman–Crippen MR) is 120 cm³/mol. The largest absolute Gasteiger partial charge is 0.497 e. The Labute approximate surface area is 186 Å². The fraction of sp³-hybridized carbons (Fsp3) is 0.174. The molecule has 0 bridgehead atoms. The van der Waals surface area contributed by atoms with Crippen LogP contribution >= 0.6 is 0 Å². The van der Waals surface area contributed by atoms with Gasteiger partial charge in [-0.3, -0.25) is 9.52 Å². The number of sulfonamides is 1. The number of methoxy groups -OCH3 is 1. The third-order valence-corrected chi connectivity index (χ3v) is 5.82. The molecule has 0 fully saturated rings. The maximum atomic E-state index is 13.0. The quantitative estimate of drug-likeness (QED) is 0.438. The minimum atomic E-state index is -3.83. The van der Waals surface area contributed by atoms with E-state index in [2.05, 4.69) is 10.0 Å². The molecule has 3 aromatic rings. The molecule has 168 valence electrons. The molecule has 0 radical (unpaired) electrons. The predicted octanol–water partition coefficient (Wildman–Crippen LogP) is 4.43. The lowest BCUT2D eigenvalue weighted by Gasteiger charge is -2.10. The second kappa shape index (κ2) is 10.6. The zero-order valence-electron chi connectivity index (χ0n) is 17.4. The van der Waals surface area contributed by atoms with Gasteiger partial charge in [0.15, 0.2) is 0 Å². The molecule has 0 unspecified atom stereocenters. The molecule has 32 heavy (non-hydrogen) atoms. The Balaban J connectivity index is 1.45. The van der Waals surface area contributed by atoms with Gasteiger partial charge in [0.1, 0.15) is 17.3 Å². The molecule has 0 aliphatic heterocycles. The van der Waals surface area contributed by atoms with Gasteiger partial charge in [-0.05, 0) is 79.2 Å². The number of halogens is 1. The van der Waals surface area contributed by atoms with Crippen molar-refractivity contribution < 1.29 is 27.1 Å². The van der Waals surface area contributed by atoms with Crippen molar-refractivity contribution in [1.82, 2.24) is 0 Å². The van der Waals surface area contributed by atoms with Gasteiger partial charge in [0.05, 0.1) is 18.6 Å². The second-order valence-corrected chi connectivity index (χ2v) is 8.49. The summed E-state index contributed by atoms with van der Waals surface area (Å²) in [5.74, 6) is 0.766. The molecule has 0 aliphatic carbocycles. The Morgan fingerprint density at radius 1 is 0.875 bits per heavy atom. The lowest BCUT2D eigenvalue weighted by atomic mass is 10.2. The van der Waals surface area contributed by atoms with Crippen molar-refractivity contribution in [3.8, 4) is 11.5 Å². The lowest BCUT2D eigenvalue weighted by Crippen LogP contribution is -2.14. The van der Waals surface area contributed by atoms with Gasteiger partial charge in [-0.25, -0.2) is 12.8 Å². The zero-order valence-corrected chi connectivity index (χ0v) is 18.2. The molecule has 3 rings (SSSR count). The summed E-state index contributed by atoms with van der Waals surface area (Å²) in [5.41, 5.74) is 0.729. The fourth-order valence-corrected chi connectivity index (χ4v) is 3.83. The van der Waals surface area contributed by atoms with Gasteiger partial charge in [0.25, 0.3) is 10.0 Å². The van der Waals surface area contributed by atoms with Gasteiger partial charge in [0, 0.05) is 17.8 Å². The molecule has 3 aromatic carbocycles. The number of rotatable bonds is 10. The number of carbonyl (C=O) groups is 1. The first-order valence-corrected chi connectivity index (χ1v) is 11.3. The highest BCUT2D eigenvalue weighted by Gasteiger charge is 2.14. The van der Waals surface area contributed by atoms with E-state index < -0.39 is 15.8 Å². The standard InChI is InChI=1S/C23H23FN2O5S/c1-30-20-10-12-21(13-11-20)31-16-2-3-23(27)25-18-8-14-22(15-9-18)32(28,29)26-19-6-4-17(24)5-7-19/h4-15,26H,2-3,16H2,1H3,(H,25,27). The highest BCUT2D eigenvalue weighted by molar-refractivity contribution is 7.92. The van der Waals surface area contributed by atoms with Crippen LogP contribution in [0.3, 0.4) is 0 Å². The SMILES string of the molecule is COc1ccc(OCCCC(=O)Nc2ccc(S(=O)(=O)Nc3ccc(F)cc3)cc2)cc1. The molecular weight excluding hydrogens is 435 g/mol. The average Bonchev–Trinajstić information content (AvgIpc) is 2.79. The maximum Gasteiger partial charge on any atom is 0.261 e. The van der Waals surface area contributed by atoms with Crippen molar-refractivity contribution in [2.24, 2.45) is 0 Å². The number of benzene rings is 3. The highest BCUT2D eigenvalue weighted by Crippen LogP contribution is 2.19. The first-order chi connectivity index (χ1) is 15.4. The Morgan fingerprint density at radius 3 is 2.09 bits per heavy atom.